The molecule has 0 spiro atoms. The second-order valence-corrected chi connectivity index (χ2v) is 10.1. The van der Waals surface area contributed by atoms with Crippen LogP contribution in [0.4, 0.5) is 21.6 Å². The maximum atomic E-state index is 14.1. The van der Waals surface area contributed by atoms with Crippen LogP contribution in [-0.4, -0.2) is 57.1 Å². The summed E-state index contributed by atoms with van der Waals surface area (Å²) in [7, 11) is 0. The summed E-state index contributed by atoms with van der Waals surface area (Å²) in [6.07, 6.45) is 2.12. The van der Waals surface area contributed by atoms with E-state index in [2.05, 4.69) is 25.9 Å². The summed E-state index contributed by atoms with van der Waals surface area (Å²) in [4.78, 5) is 21.5. The Kier molecular flexibility index (Phi) is 7.30. The van der Waals surface area contributed by atoms with Gasteiger partial charge in [0, 0.05) is 30.4 Å². The van der Waals surface area contributed by atoms with Gasteiger partial charge in [0.2, 0.25) is 0 Å². The number of fused-ring (bicyclic) bond motifs is 1. The third-order valence-corrected chi connectivity index (χ3v) is 6.93. The Labute approximate surface area is 201 Å². The summed E-state index contributed by atoms with van der Waals surface area (Å²) >= 11 is 1.54. The molecule has 0 bridgehead atoms. The standard InChI is InChI=1S/C24H30FN5O3S/c1-24(2,33)21(25)12-28-23(32)16-11-27-22(9-18(16)26-10-14-4-3-5-19(14)31)30-15-6-7-17-20(8-15)34-13-29-17/h6-9,11,13-14,19,21,31,33H,3-5,10,12H2,1-2H3,(H,28,32)(H2,26,27,30)/t14?,19?,21-/m1/s1. The van der Waals surface area contributed by atoms with Crippen molar-refractivity contribution in [2.24, 2.45) is 5.92 Å². The highest BCUT2D eigenvalue weighted by Crippen LogP contribution is 2.29. The number of carbonyl (C=O) groups is 1. The van der Waals surface area contributed by atoms with E-state index in [-0.39, 0.29) is 24.1 Å². The first-order valence-corrected chi connectivity index (χ1v) is 12.3. The zero-order chi connectivity index (χ0) is 24.3. The van der Waals surface area contributed by atoms with Gasteiger partial charge in [0.05, 0.1) is 45.2 Å². The van der Waals surface area contributed by atoms with E-state index in [4.69, 9.17) is 0 Å². The van der Waals surface area contributed by atoms with Crippen LogP contribution in [0.25, 0.3) is 10.2 Å². The van der Waals surface area contributed by atoms with Gasteiger partial charge in [-0.3, -0.25) is 4.79 Å². The van der Waals surface area contributed by atoms with Crippen molar-refractivity contribution in [1.29, 1.82) is 0 Å². The largest absolute Gasteiger partial charge is 0.393 e. The summed E-state index contributed by atoms with van der Waals surface area (Å²) in [6, 6.07) is 7.54. The highest BCUT2D eigenvalue weighted by molar-refractivity contribution is 7.16. The first kappa shape index (κ1) is 24.3. The number of alkyl halides is 1. The number of pyridine rings is 1. The molecule has 3 atom stereocenters. The number of nitrogens with zero attached hydrogens (tertiary/aromatic N) is 2. The SMILES string of the molecule is CC(C)(O)[C@H](F)CNC(=O)c1cnc(Nc2ccc3ncsc3c2)cc1NCC1CCCC1O. The summed E-state index contributed by atoms with van der Waals surface area (Å²) in [5.41, 5.74) is 2.79. The molecule has 10 heteroatoms. The number of aliphatic hydroxyl groups is 2. The Morgan fingerprint density at radius 3 is 2.85 bits per heavy atom. The lowest BCUT2D eigenvalue weighted by Crippen LogP contribution is -2.42. The number of rotatable bonds is 9. The third-order valence-electron chi connectivity index (χ3n) is 6.13. The Morgan fingerprint density at radius 1 is 1.29 bits per heavy atom. The molecule has 4 rings (SSSR count). The second kappa shape index (κ2) is 10.2. The number of hydrogen-bond acceptors (Lipinski definition) is 8. The van der Waals surface area contributed by atoms with E-state index >= 15 is 0 Å². The van der Waals surface area contributed by atoms with Crippen LogP contribution in [0.3, 0.4) is 0 Å². The topological polar surface area (TPSA) is 119 Å². The highest BCUT2D eigenvalue weighted by Gasteiger charge is 2.28. The minimum absolute atomic E-state index is 0.0969. The number of aliphatic hydroxyl groups excluding tert-OH is 1. The monoisotopic (exact) mass is 487 g/mol. The minimum atomic E-state index is -1.61. The first-order chi connectivity index (χ1) is 16.2. The number of hydrogen-bond donors (Lipinski definition) is 5. The molecule has 34 heavy (non-hydrogen) atoms. The average molecular weight is 488 g/mol. The minimum Gasteiger partial charge on any atom is -0.393 e. The molecule has 1 fully saturated rings. The molecule has 8 nitrogen and oxygen atoms in total. The van der Waals surface area contributed by atoms with Gasteiger partial charge in [-0.25, -0.2) is 14.4 Å². The van der Waals surface area contributed by atoms with Crippen LogP contribution < -0.4 is 16.0 Å². The Balaban J connectivity index is 1.53. The number of amides is 1. The Bertz CT molecular complexity index is 1150. The molecule has 0 aliphatic heterocycles. The lowest BCUT2D eigenvalue weighted by atomic mass is 10.0. The molecule has 2 heterocycles. The summed E-state index contributed by atoms with van der Waals surface area (Å²) in [5, 5.41) is 29.0. The third kappa shape index (κ3) is 5.81. The first-order valence-electron chi connectivity index (χ1n) is 11.4. The van der Waals surface area contributed by atoms with Crippen molar-refractivity contribution in [3.8, 4) is 0 Å². The van der Waals surface area contributed by atoms with Gasteiger partial charge in [-0.15, -0.1) is 11.3 Å². The normalized spacial score (nSPS) is 19.2. The molecular weight excluding hydrogens is 457 g/mol. The summed E-state index contributed by atoms with van der Waals surface area (Å²) in [5.74, 6) is 0.140. The van der Waals surface area contributed by atoms with Crippen LogP contribution in [0.5, 0.6) is 0 Å². The van der Waals surface area contributed by atoms with Crippen LogP contribution in [0.2, 0.25) is 0 Å². The number of aromatic nitrogens is 2. The lowest BCUT2D eigenvalue weighted by molar-refractivity contribution is -0.00177. The van der Waals surface area contributed by atoms with E-state index in [1.807, 2.05) is 18.2 Å². The number of carbonyl (C=O) groups excluding carboxylic acids is 1. The van der Waals surface area contributed by atoms with E-state index in [0.29, 0.717) is 18.1 Å². The van der Waals surface area contributed by atoms with Crippen LogP contribution in [0.15, 0.2) is 36.0 Å². The average Bonchev–Trinajstić information content (AvgIpc) is 3.43. The van der Waals surface area contributed by atoms with Crippen molar-refractivity contribution < 1.29 is 19.4 Å². The molecule has 0 saturated heterocycles. The van der Waals surface area contributed by atoms with Gasteiger partial charge in [-0.1, -0.05) is 6.42 Å². The number of benzene rings is 1. The molecular formula is C24H30FN5O3S. The molecule has 3 aromatic rings. The molecule has 1 aliphatic carbocycles. The van der Waals surface area contributed by atoms with Crippen molar-refractivity contribution in [2.75, 3.05) is 23.7 Å². The van der Waals surface area contributed by atoms with E-state index in [1.165, 1.54) is 20.0 Å². The fourth-order valence-corrected chi connectivity index (χ4v) is 4.67. The zero-order valence-electron chi connectivity index (χ0n) is 19.2. The fourth-order valence-electron chi connectivity index (χ4n) is 3.96. The van der Waals surface area contributed by atoms with Gasteiger partial charge in [0.25, 0.3) is 5.91 Å². The quantitative estimate of drug-likeness (QED) is 0.311. The predicted molar refractivity (Wildman–Crippen MR) is 133 cm³/mol. The van der Waals surface area contributed by atoms with Crippen molar-refractivity contribution >= 4 is 44.7 Å². The van der Waals surface area contributed by atoms with Gasteiger partial charge in [0.15, 0.2) is 0 Å². The van der Waals surface area contributed by atoms with E-state index in [9.17, 15) is 19.4 Å². The smallest absolute Gasteiger partial charge is 0.255 e. The van der Waals surface area contributed by atoms with E-state index in [0.717, 1.165) is 35.2 Å². The lowest BCUT2D eigenvalue weighted by Gasteiger charge is -2.23. The Morgan fingerprint density at radius 2 is 2.12 bits per heavy atom. The van der Waals surface area contributed by atoms with Gasteiger partial charge in [-0.05, 0) is 44.9 Å². The van der Waals surface area contributed by atoms with E-state index < -0.39 is 17.7 Å². The van der Waals surface area contributed by atoms with Crippen molar-refractivity contribution in [3.05, 3.63) is 41.5 Å². The molecule has 1 aromatic carbocycles. The van der Waals surface area contributed by atoms with Gasteiger partial charge in [-0.2, -0.15) is 0 Å². The zero-order valence-corrected chi connectivity index (χ0v) is 20.0. The number of anilines is 3. The molecule has 1 aliphatic rings. The van der Waals surface area contributed by atoms with Crippen LogP contribution in [0, 0.1) is 5.92 Å². The molecule has 182 valence electrons. The summed E-state index contributed by atoms with van der Waals surface area (Å²) in [6.45, 7) is 2.90. The predicted octanol–water partition coefficient (Wildman–Crippen LogP) is 3.85. The van der Waals surface area contributed by atoms with Crippen LogP contribution in [0.1, 0.15) is 43.5 Å². The van der Waals surface area contributed by atoms with Crippen molar-refractivity contribution in [2.45, 2.75) is 51.0 Å². The fraction of sp³-hybridized carbons (Fsp3) is 0.458. The number of halogens is 1. The van der Waals surface area contributed by atoms with Crippen LogP contribution in [-0.2, 0) is 0 Å². The van der Waals surface area contributed by atoms with Crippen molar-refractivity contribution in [3.63, 3.8) is 0 Å². The molecule has 5 N–H and O–H groups in total. The van der Waals surface area contributed by atoms with Crippen LogP contribution >= 0.6 is 11.3 Å². The second-order valence-electron chi connectivity index (χ2n) is 9.25. The van der Waals surface area contributed by atoms with Crippen molar-refractivity contribution in [1.82, 2.24) is 15.3 Å². The Hall–Kier alpha value is -2.82. The van der Waals surface area contributed by atoms with Gasteiger partial charge < -0.3 is 26.2 Å². The number of nitrogens with one attached hydrogen (secondary N) is 3. The summed E-state index contributed by atoms with van der Waals surface area (Å²) < 4.78 is 15.2. The maximum absolute atomic E-state index is 14.1. The highest BCUT2D eigenvalue weighted by atomic mass is 32.1. The van der Waals surface area contributed by atoms with E-state index in [1.54, 1.807) is 22.9 Å². The number of thiazole rings is 1. The molecule has 2 unspecified atom stereocenters. The molecule has 2 aromatic heterocycles. The molecule has 0 radical (unpaired) electrons. The van der Waals surface area contributed by atoms with Gasteiger partial charge >= 0.3 is 0 Å². The molecule has 1 amide bonds. The molecule has 1 saturated carbocycles. The van der Waals surface area contributed by atoms with Gasteiger partial charge in [0.1, 0.15) is 12.0 Å². The maximum Gasteiger partial charge on any atom is 0.255 e.